The second kappa shape index (κ2) is 6.41. The molecule has 0 radical (unpaired) electrons. The molecule has 1 unspecified atom stereocenters. The zero-order valence-electron chi connectivity index (χ0n) is 11.5. The zero-order chi connectivity index (χ0) is 13.8. The van der Waals surface area contributed by atoms with Crippen molar-refractivity contribution < 1.29 is 0 Å². The van der Waals surface area contributed by atoms with E-state index in [-0.39, 0.29) is 6.04 Å². The molecule has 1 fully saturated rings. The first-order valence-electron chi connectivity index (χ1n) is 7.18. The minimum absolute atomic E-state index is 0.0178. The molecule has 3 rings (SSSR count). The van der Waals surface area contributed by atoms with E-state index in [1.807, 2.05) is 46.8 Å². The molecule has 0 spiro atoms. The van der Waals surface area contributed by atoms with Crippen molar-refractivity contribution in [1.82, 2.24) is 15.0 Å². The van der Waals surface area contributed by atoms with E-state index in [2.05, 4.69) is 10.3 Å². The van der Waals surface area contributed by atoms with Gasteiger partial charge in [0, 0.05) is 11.0 Å². The molecular weight excluding hydrogens is 268 g/mol. The normalized spacial score (nSPS) is 17.4. The van der Waals surface area contributed by atoms with Crippen LogP contribution in [0.25, 0.3) is 5.69 Å². The van der Waals surface area contributed by atoms with Crippen molar-refractivity contribution in [2.75, 3.05) is 5.75 Å². The first kappa shape index (κ1) is 13.6. The Morgan fingerprint density at radius 1 is 1.25 bits per heavy atom. The minimum atomic E-state index is -0.0178. The number of nitrogens with two attached hydrogens (primary N) is 1. The maximum Gasteiger partial charge on any atom is 0.0821 e. The van der Waals surface area contributed by atoms with Crippen molar-refractivity contribution in [3.63, 3.8) is 0 Å². The minimum Gasteiger partial charge on any atom is -0.322 e. The van der Waals surface area contributed by atoms with Crippen LogP contribution in [0.5, 0.6) is 0 Å². The fourth-order valence-electron chi connectivity index (χ4n) is 2.65. The van der Waals surface area contributed by atoms with Gasteiger partial charge in [0.25, 0.3) is 0 Å². The van der Waals surface area contributed by atoms with Crippen LogP contribution in [-0.4, -0.2) is 26.0 Å². The van der Waals surface area contributed by atoms with Crippen molar-refractivity contribution in [2.45, 2.75) is 37.0 Å². The molecule has 1 saturated carbocycles. The number of hydrogen-bond donors (Lipinski definition) is 1. The maximum atomic E-state index is 6.33. The Morgan fingerprint density at radius 2 is 2.00 bits per heavy atom. The highest BCUT2D eigenvalue weighted by atomic mass is 32.2. The lowest BCUT2D eigenvalue weighted by Crippen LogP contribution is -2.18. The molecule has 20 heavy (non-hydrogen) atoms. The highest BCUT2D eigenvalue weighted by molar-refractivity contribution is 7.99. The summed E-state index contributed by atoms with van der Waals surface area (Å²) < 4.78 is 1.85. The molecule has 1 heterocycles. The second-order valence-corrected chi connectivity index (χ2v) is 6.59. The molecule has 0 bridgehead atoms. The Hall–Kier alpha value is -1.33. The lowest BCUT2D eigenvalue weighted by Gasteiger charge is -2.15. The Kier molecular flexibility index (Phi) is 4.38. The molecule has 1 aliphatic rings. The van der Waals surface area contributed by atoms with E-state index in [0.717, 1.165) is 22.4 Å². The van der Waals surface area contributed by atoms with E-state index in [4.69, 9.17) is 5.73 Å². The summed E-state index contributed by atoms with van der Waals surface area (Å²) in [6.07, 6.45) is 7.21. The van der Waals surface area contributed by atoms with Gasteiger partial charge in [0.1, 0.15) is 0 Å². The van der Waals surface area contributed by atoms with Crippen molar-refractivity contribution in [3.8, 4) is 5.69 Å². The van der Waals surface area contributed by atoms with Crippen LogP contribution in [0.1, 0.15) is 37.4 Å². The summed E-state index contributed by atoms with van der Waals surface area (Å²) in [5, 5.41) is 8.98. The second-order valence-electron chi connectivity index (χ2n) is 5.25. The Balaban J connectivity index is 1.69. The lowest BCUT2D eigenvalue weighted by molar-refractivity contribution is 0.701. The van der Waals surface area contributed by atoms with E-state index in [1.165, 1.54) is 25.7 Å². The number of aromatic nitrogens is 3. The molecule has 1 aliphatic carbocycles. The van der Waals surface area contributed by atoms with Crippen LogP contribution < -0.4 is 5.73 Å². The first-order chi connectivity index (χ1) is 9.84. The topological polar surface area (TPSA) is 56.7 Å². The summed E-state index contributed by atoms with van der Waals surface area (Å²) in [5.41, 5.74) is 8.34. The molecule has 0 saturated heterocycles. The van der Waals surface area contributed by atoms with Gasteiger partial charge in [-0.15, -0.1) is 5.10 Å². The van der Waals surface area contributed by atoms with Gasteiger partial charge in [-0.1, -0.05) is 36.3 Å². The van der Waals surface area contributed by atoms with Gasteiger partial charge in [-0.3, -0.25) is 0 Å². The third-order valence-corrected chi connectivity index (χ3v) is 5.26. The number of para-hydroxylation sites is 1. The van der Waals surface area contributed by atoms with Crippen LogP contribution in [-0.2, 0) is 0 Å². The van der Waals surface area contributed by atoms with Gasteiger partial charge >= 0.3 is 0 Å². The summed E-state index contributed by atoms with van der Waals surface area (Å²) in [7, 11) is 0. The van der Waals surface area contributed by atoms with E-state index in [1.54, 1.807) is 6.20 Å². The highest BCUT2D eigenvalue weighted by Crippen LogP contribution is 2.31. The Bertz CT molecular complexity index is 534. The maximum absolute atomic E-state index is 6.33. The van der Waals surface area contributed by atoms with E-state index >= 15 is 0 Å². The number of hydrogen-bond acceptors (Lipinski definition) is 4. The highest BCUT2D eigenvalue weighted by Gasteiger charge is 2.19. The lowest BCUT2D eigenvalue weighted by atomic mass is 10.2. The molecule has 1 aromatic heterocycles. The van der Waals surface area contributed by atoms with Crippen LogP contribution in [0.15, 0.2) is 36.5 Å². The van der Waals surface area contributed by atoms with Gasteiger partial charge in [-0.05, 0) is 25.0 Å². The fourth-order valence-corrected chi connectivity index (χ4v) is 3.96. The molecule has 106 valence electrons. The summed E-state index contributed by atoms with van der Waals surface area (Å²) in [6.45, 7) is 0. The van der Waals surface area contributed by atoms with Gasteiger partial charge in [0.15, 0.2) is 0 Å². The molecule has 2 N–H and O–H groups in total. The van der Waals surface area contributed by atoms with Crippen molar-refractivity contribution >= 4 is 11.8 Å². The van der Waals surface area contributed by atoms with Crippen LogP contribution in [0.3, 0.4) is 0 Å². The number of benzene rings is 1. The largest absolute Gasteiger partial charge is 0.322 e. The number of thioether (sulfide) groups is 1. The molecule has 4 nitrogen and oxygen atoms in total. The van der Waals surface area contributed by atoms with Crippen molar-refractivity contribution in [1.29, 1.82) is 0 Å². The SMILES string of the molecule is NC(CSC1CCCC1)c1cnnn1-c1ccccc1. The van der Waals surface area contributed by atoms with Gasteiger partial charge < -0.3 is 5.73 Å². The van der Waals surface area contributed by atoms with Crippen molar-refractivity contribution in [3.05, 3.63) is 42.2 Å². The first-order valence-corrected chi connectivity index (χ1v) is 8.22. The Labute approximate surface area is 123 Å². The fraction of sp³-hybridized carbons (Fsp3) is 0.467. The third-order valence-electron chi connectivity index (χ3n) is 3.77. The van der Waals surface area contributed by atoms with Gasteiger partial charge in [-0.2, -0.15) is 11.8 Å². The average Bonchev–Trinajstić information content (AvgIpc) is 3.17. The summed E-state index contributed by atoms with van der Waals surface area (Å²) >= 11 is 2.00. The average molecular weight is 288 g/mol. The quantitative estimate of drug-likeness (QED) is 0.919. The van der Waals surface area contributed by atoms with Gasteiger partial charge in [0.2, 0.25) is 0 Å². The molecule has 5 heteroatoms. The van der Waals surface area contributed by atoms with E-state index < -0.39 is 0 Å². The van der Waals surface area contributed by atoms with Crippen LogP contribution in [0.4, 0.5) is 0 Å². The molecular formula is C15H20N4S. The van der Waals surface area contributed by atoms with Gasteiger partial charge in [-0.25, -0.2) is 4.68 Å². The smallest absolute Gasteiger partial charge is 0.0821 e. The standard InChI is InChI=1S/C15H20N4S/c16-14(11-20-13-8-4-5-9-13)15-10-17-18-19(15)12-6-2-1-3-7-12/h1-3,6-7,10,13-14H,4-5,8-9,11,16H2. The molecule has 2 aromatic rings. The van der Waals surface area contributed by atoms with E-state index in [0.29, 0.717) is 0 Å². The number of nitrogens with zero attached hydrogens (tertiary/aromatic N) is 3. The van der Waals surface area contributed by atoms with Crippen molar-refractivity contribution in [2.24, 2.45) is 5.73 Å². The van der Waals surface area contributed by atoms with E-state index in [9.17, 15) is 0 Å². The third kappa shape index (κ3) is 3.04. The molecule has 1 atom stereocenters. The van der Waals surface area contributed by atoms with Gasteiger partial charge in [0.05, 0.1) is 23.6 Å². The summed E-state index contributed by atoms with van der Waals surface area (Å²) in [6, 6.07) is 10.0. The van der Waals surface area contributed by atoms with Crippen LogP contribution in [0.2, 0.25) is 0 Å². The summed E-state index contributed by atoms with van der Waals surface area (Å²) in [5.74, 6) is 0.935. The molecule has 0 aliphatic heterocycles. The predicted octanol–water partition coefficient (Wildman–Crippen LogP) is 2.94. The number of rotatable bonds is 5. The molecule has 1 aromatic carbocycles. The monoisotopic (exact) mass is 288 g/mol. The zero-order valence-corrected chi connectivity index (χ0v) is 12.3. The molecule has 0 amide bonds. The van der Waals surface area contributed by atoms with Crippen LogP contribution in [0, 0.1) is 0 Å². The summed E-state index contributed by atoms with van der Waals surface area (Å²) in [4.78, 5) is 0. The Morgan fingerprint density at radius 3 is 2.75 bits per heavy atom. The van der Waals surface area contributed by atoms with Crippen LogP contribution >= 0.6 is 11.8 Å². The predicted molar refractivity (Wildman–Crippen MR) is 83.0 cm³/mol.